The van der Waals surface area contributed by atoms with Crippen molar-refractivity contribution in [2.24, 2.45) is 0 Å². The molecule has 2 heterocycles. The minimum Gasteiger partial charge on any atom is -0.415 e. The number of carbonyl (C=O) groups excluding carboxylic acids is 1. The molecule has 0 saturated carbocycles. The smallest absolute Gasteiger partial charge is 0.314 e. The molecule has 1 amide bonds. The van der Waals surface area contributed by atoms with Crippen LogP contribution in [0.25, 0.3) is 11.5 Å². The van der Waals surface area contributed by atoms with Crippen LogP contribution in [0, 0.1) is 0 Å². The molecule has 2 aromatic carbocycles. The molecule has 0 spiro atoms. The van der Waals surface area contributed by atoms with Crippen LogP contribution in [-0.4, -0.2) is 16.1 Å². The first-order valence-electron chi connectivity index (χ1n) is 7.46. The average molecular weight is 441 g/mol. The summed E-state index contributed by atoms with van der Waals surface area (Å²) in [6.45, 7) is 0.390. The topological polar surface area (TPSA) is 59.2 Å². The van der Waals surface area contributed by atoms with Gasteiger partial charge in [-0.25, -0.2) is 0 Å². The van der Waals surface area contributed by atoms with Gasteiger partial charge in [-0.2, -0.15) is 8.78 Å². The van der Waals surface area contributed by atoms with Crippen molar-refractivity contribution < 1.29 is 18.0 Å². The second-order valence-corrected chi connectivity index (χ2v) is 6.90. The Morgan fingerprint density at radius 2 is 2.00 bits per heavy atom. The van der Waals surface area contributed by atoms with Gasteiger partial charge in [-0.15, -0.1) is 10.2 Å². The number of hydrogen-bond acceptors (Lipinski definition) is 4. The number of amides is 1. The number of hydrogen-bond donors (Lipinski definition) is 0. The third-order valence-corrected chi connectivity index (χ3v) is 4.86. The summed E-state index contributed by atoms with van der Waals surface area (Å²) in [5.74, 6) is -1.01. The quantitative estimate of drug-likeness (QED) is 0.558. The third kappa shape index (κ3) is 2.89. The van der Waals surface area contributed by atoms with Crippen LogP contribution in [0.5, 0.6) is 0 Å². The zero-order valence-corrected chi connectivity index (χ0v) is 15.3. The lowest BCUT2D eigenvalue weighted by atomic mass is 10.1. The molecule has 1 aliphatic rings. The summed E-state index contributed by atoms with van der Waals surface area (Å²) in [4.78, 5) is 14.4. The highest BCUT2D eigenvalue weighted by Gasteiger charge is 2.30. The van der Waals surface area contributed by atoms with E-state index in [0.717, 1.165) is 5.56 Å². The summed E-state index contributed by atoms with van der Waals surface area (Å²) in [5, 5.41) is 7.48. The highest BCUT2D eigenvalue weighted by atomic mass is 79.9. The molecule has 0 bridgehead atoms. The summed E-state index contributed by atoms with van der Waals surface area (Å²) >= 11 is 9.37. The van der Waals surface area contributed by atoms with Crippen molar-refractivity contribution >= 4 is 39.1 Å². The Morgan fingerprint density at radius 1 is 1.19 bits per heavy atom. The Hall–Kier alpha value is -2.32. The Bertz CT molecular complexity index is 1020. The van der Waals surface area contributed by atoms with Crippen LogP contribution in [0.4, 0.5) is 14.5 Å². The normalized spacial score (nSPS) is 13.6. The maximum Gasteiger partial charge on any atom is 0.314 e. The Balaban J connectivity index is 1.68. The van der Waals surface area contributed by atoms with E-state index >= 15 is 0 Å². The largest absolute Gasteiger partial charge is 0.415 e. The molecule has 0 atom stereocenters. The summed E-state index contributed by atoms with van der Waals surface area (Å²) in [5.41, 5.74) is 2.37. The van der Waals surface area contributed by atoms with Gasteiger partial charge in [0.25, 0.3) is 11.8 Å². The first-order valence-corrected chi connectivity index (χ1v) is 8.63. The Morgan fingerprint density at radius 3 is 2.69 bits per heavy atom. The van der Waals surface area contributed by atoms with E-state index in [1.807, 2.05) is 0 Å². The molecule has 0 radical (unpaired) electrons. The van der Waals surface area contributed by atoms with E-state index in [0.29, 0.717) is 32.9 Å². The summed E-state index contributed by atoms with van der Waals surface area (Å²) < 4.78 is 30.9. The van der Waals surface area contributed by atoms with Crippen LogP contribution < -0.4 is 4.90 Å². The van der Waals surface area contributed by atoms with Gasteiger partial charge in [0.2, 0.25) is 5.89 Å². The Labute approximate surface area is 159 Å². The van der Waals surface area contributed by atoms with Crippen molar-refractivity contribution in [1.29, 1.82) is 0 Å². The molecule has 0 aliphatic carbocycles. The minimum atomic E-state index is -2.84. The lowest BCUT2D eigenvalue weighted by Gasteiger charge is -2.17. The molecule has 26 heavy (non-hydrogen) atoms. The third-order valence-electron chi connectivity index (χ3n) is 3.99. The molecule has 1 aromatic heterocycles. The predicted molar refractivity (Wildman–Crippen MR) is 94.4 cm³/mol. The first kappa shape index (κ1) is 17.1. The van der Waals surface area contributed by atoms with Crippen molar-refractivity contribution in [3.05, 3.63) is 62.9 Å². The Kier molecular flexibility index (Phi) is 4.24. The minimum absolute atomic E-state index is 0.0537. The maximum absolute atomic E-state index is 12.8. The standard InChI is InChI=1S/C17H9BrClF2N3O2/c18-12-6-10(19)3-4-13(12)24-7-9-2-1-8(5-11(9)17(24)25)15-22-23-16(26-15)14(20)21/h1-6,14H,7H2. The van der Waals surface area contributed by atoms with Gasteiger partial charge in [-0.1, -0.05) is 17.7 Å². The molecule has 132 valence electrons. The van der Waals surface area contributed by atoms with E-state index in [4.69, 9.17) is 16.0 Å². The van der Waals surface area contributed by atoms with E-state index in [1.54, 1.807) is 41.3 Å². The maximum atomic E-state index is 12.8. The SMILES string of the molecule is O=C1c2cc(-c3nnc(C(F)F)o3)ccc2CN1c1ccc(Cl)cc1Br. The lowest BCUT2D eigenvalue weighted by molar-refractivity contribution is 0.0996. The van der Waals surface area contributed by atoms with Crippen molar-refractivity contribution in [3.63, 3.8) is 0 Å². The number of halogens is 4. The van der Waals surface area contributed by atoms with E-state index in [9.17, 15) is 13.6 Å². The molecular formula is C17H9BrClF2N3O2. The molecule has 0 fully saturated rings. The first-order chi connectivity index (χ1) is 12.4. The molecule has 4 rings (SSSR count). The van der Waals surface area contributed by atoms with Crippen LogP contribution in [0.2, 0.25) is 5.02 Å². The molecule has 5 nitrogen and oxygen atoms in total. The van der Waals surface area contributed by atoms with Gasteiger partial charge in [0.05, 0.1) is 12.2 Å². The second kappa shape index (κ2) is 6.44. The summed E-state index contributed by atoms with van der Waals surface area (Å²) in [6.07, 6.45) is -2.84. The second-order valence-electron chi connectivity index (χ2n) is 5.61. The zero-order chi connectivity index (χ0) is 18.4. The summed E-state index contributed by atoms with van der Waals surface area (Å²) in [6, 6.07) is 10.2. The lowest BCUT2D eigenvalue weighted by Crippen LogP contribution is -2.23. The number of aromatic nitrogens is 2. The number of alkyl halides is 2. The van der Waals surface area contributed by atoms with Gasteiger partial charge in [0.1, 0.15) is 0 Å². The number of anilines is 1. The fourth-order valence-corrected chi connectivity index (χ4v) is 3.66. The van der Waals surface area contributed by atoms with Crippen LogP contribution in [0.3, 0.4) is 0 Å². The molecular weight excluding hydrogens is 432 g/mol. The number of benzene rings is 2. The highest BCUT2D eigenvalue weighted by molar-refractivity contribution is 9.10. The van der Waals surface area contributed by atoms with Gasteiger partial charge >= 0.3 is 6.43 Å². The summed E-state index contributed by atoms with van der Waals surface area (Å²) in [7, 11) is 0. The van der Waals surface area contributed by atoms with Gasteiger partial charge in [0, 0.05) is 20.6 Å². The molecule has 9 heteroatoms. The van der Waals surface area contributed by atoms with Crippen molar-refractivity contribution in [1.82, 2.24) is 10.2 Å². The zero-order valence-electron chi connectivity index (χ0n) is 12.9. The fourth-order valence-electron chi connectivity index (χ4n) is 2.77. The predicted octanol–water partition coefficient (Wildman–Crippen LogP) is 5.25. The molecule has 3 aromatic rings. The number of nitrogens with zero attached hydrogens (tertiary/aromatic N) is 3. The number of rotatable bonds is 3. The van der Waals surface area contributed by atoms with Gasteiger partial charge < -0.3 is 9.32 Å². The van der Waals surface area contributed by atoms with Crippen molar-refractivity contribution in [2.75, 3.05) is 4.90 Å². The highest BCUT2D eigenvalue weighted by Crippen LogP contribution is 2.36. The number of fused-ring (bicyclic) bond motifs is 1. The van der Waals surface area contributed by atoms with Crippen LogP contribution in [0.1, 0.15) is 28.2 Å². The molecule has 0 N–H and O–H groups in total. The average Bonchev–Trinajstić information content (AvgIpc) is 3.21. The molecule has 0 saturated heterocycles. The van der Waals surface area contributed by atoms with Gasteiger partial charge in [-0.3, -0.25) is 4.79 Å². The van der Waals surface area contributed by atoms with Gasteiger partial charge in [-0.05, 0) is 51.8 Å². The molecule has 1 aliphatic heterocycles. The molecule has 0 unspecified atom stereocenters. The number of carbonyl (C=O) groups is 1. The van der Waals surface area contributed by atoms with Crippen molar-refractivity contribution in [3.8, 4) is 11.5 Å². The van der Waals surface area contributed by atoms with Crippen LogP contribution in [-0.2, 0) is 6.54 Å². The van der Waals surface area contributed by atoms with Gasteiger partial charge in [0.15, 0.2) is 0 Å². The van der Waals surface area contributed by atoms with E-state index < -0.39 is 12.3 Å². The monoisotopic (exact) mass is 439 g/mol. The van der Waals surface area contributed by atoms with Crippen molar-refractivity contribution in [2.45, 2.75) is 13.0 Å². The van der Waals surface area contributed by atoms with E-state index in [-0.39, 0.29) is 11.8 Å². The van der Waals surface area contributed by atoms with E-state index in [2.05, 4.69) is 26.1 Å². The fraction of sp³-hybridized carbons (Fsp3) is 0.118. The van der Waals surface area contributed by atoms with Crippen LogP contribution >= 0.6 is 27.5 Å². The van der Waals surface area contributed by atoms with E-state index in [1.165, 1.54) is 0 Å². The van der Waals surface area contributed by atoms with Crippen LogP contribution in [0.15, 0.2) is 45.3 Å².